The highest BCUT2D eigenvalue weighted by molar-refractivity contribution is 5.85. The predicted octanol–water partition coefficient (Wildman–Crippen LogP) is 2.46. The highest BCUT2D eigenvalue weighted by Crippen LogP contribution is 2.13. The fraction of sp³-hybridized carbons (Fsp3) is 0.714. The lowest BCUT2D eigenvalue weighted by Crippen LogP contribution is -2.36. The number of aromatic nitrogens is 2. The van der Waals surface area contributed by atoms with Crippen molar-refractivity contribution in [2.75, 3.05) is 0 Å². The second kappa shape index (κ2) is 8.03. The monoisotopic (exact) mass is 251 g/mol. The van der Waals surface area contributed by atoms with Crippen molar-refractivity contribution in [2.45, 2.75) is 58.4 Å². The molecule has 1 aromatic heterocycles. The van der Waals surface area contributed by atoms with Gasteiger partial charge in [-0.1, -0.05) is 39.5 Å². The SMILES string of the molecule is CCCCCCC(C)C(=O)[C@H](N)Cc1c[nH]cn1. The van der Waals surface area contributed by atoms with Gasteiger partial charge in [0.1, 0.15) is 0 Å². The van der Waals surface area contributed by atoms with Crippen molar-refractivity contribution in [3.63, 3.8) is 0 Å². The van der Waals surface area contributed by atoms with E-state index in [1.165, 1.54) is 19.3 Å². The molecule has 0 aromatic carbocycles. The average molecular weight is 251 g/mol. The smallest absolute Gasteiger partial charge is 0.152 e. The molecular weight excluding hydrogens is 226 g/mol. The van der Waals surface area contributed by atoms with Crippen LogP contribution in [0.25, 0.3) is 0 Å². The number of carbonyl (C=O) groups is 1. The van der Waals surface area contributed by atoms with E-state index in [1.54, 1.807) is 12.5 Å². The molecule has 0 saturated heterocycles. The molecule has 0 aliphatic heterocycles. The van der Waals surface area contributed by atoms with Crippen molar-refractivity contribution >= 4 is 5.78 Å². The molecule has 0 saturated carbocycles. The first-order valence-corrected chi connectivity index (χ1v) is 6.92. The summed E-state index contributed by atoms with van der Waals surface area (Å²) in [6.07, 6.45) is 9.69. The maximum absolute atomic E-state index is 12.1. The fourth-order valence-electron chi connectivity index (χ4n) is 2.11. The number of rotatable bonds is 9. The van der Waals surface area contributed by atoms with Crippen LogP contribution in [0.15, 0.2) is 12.5 Å². The summed E-state index contributed by atoms with van der Waals surface area (Å²) in [6.45, 7) is 4.17. The minimum absolute atomic E-state index is 0.0656. The lowest BCUT2D eigenvalue weighted by Gasteiger charge is -2.15. The Morgan fingerprint density at radius 2 is 2.22 bits per heavy atom. The average Bonchev–Trinajstić information content (AvgIpc) is 2.86. The minimum Gasteiger partial charge on any atom is -0.351 e. The van der Waals surface area contributed by atoms with Gasteiger partial charge in [0.2, 0.25) is 0 Å². The largest absolute Gasteiger partial charge is 0.351 e. The van der Waals surface area contributed by atoms with Crippen LogP contribution in [0.4, 0.5) is 0 Å². The van der Waals surface area contributed by atoms with Crippen molar-refractivity contribution in [1.29, 1.82) is 0 Å². The van der Waals surface area contributed by atoms with Crippen LogP contribution in [0.2, 0.25) is 0 Å². The van der Waals surface area contributed by atoms with E-state index in [9.17, 15) is 4.79 Å². The highest BCUT2D eigenvalue weighted by atomic mass is 16.1. The minimum atomic E-state index is -0.422. The van der Waals surface area contributed by atoms with E-state index in [0.717, 1.165) is 18.5 Å². The molecule has 102 valence electrons. The van der Waals surface area contributed by atoms with Gasteiger partial charge in [-0.3, -0.25) is 4.79 Å². The molecule has 1 rings (SSSR count). The summed E-state index contributed by atoms with van der Waals surface area (Å²) in [7, 11) is 0. The van der Waals surface area contributed by atoms with Crippen molar-refractivity contribution < 1.29 is 4.79 Å². The first-order valence-electron chi connectivity index (χ1n) is 6.92. The number of unbranched alkanes of at least 4 members (excludes halogenated alkanes) is 3. The second-order valence-electron chi connectivity index (χ2n) is 5.02. The predicted molar refractivity (Wildman–Crippen MR) is 73.2 cm³/mol. The maximum atomic E-state index is 12.1. The lowest BCUT2D eigenvalue weighted by molar-refractivity contribution is -0.123. The molecule has 0 radical (unpaired) electrons. The fourth-order valence-corrected chi connectivity index (χ4v) is 2.11. The van der Waals surface area contributed by atoms with Gasteiger partial charge in [-0.25, -0.2) is 4.98 Å². The number of imidazole rings is 1. The van der Waals surface area contributed by atoms with E-state index in [-0.39, 0.29) is 11.7 Å². The molecule has 0 bridgehead atoms. The van der Waals surface area contributed by atoms with E-state index < -0.39 is 6.04 Å². The van der Waals surface area contributed by atoms with E-state index in [2.05, 4.69) is 16.9 Å². The van der Waals surface area contributed by atoms with Crippen LogP contribution in [-0.4, -0.2) is 21.8 Å². The molecule has 0 aliphatic rings. The molecule has 0 amide bonds. The molecule has 0 aliphatic carbocycles. The van der Waals surface area contributed by atoms with Crippen LogP contribution in [0.1, 0.15) is 51.6 Å². The molecule has 18 heavy (non-hydrogen) atoms. The van der Waals surface area contributed by atoms with Gasteiger partial charge in [0.05, 0.1) is 18.1 Å². The Bertz CT molecular complexity index is 335. The number of carbonyl (C=O) groups excluding carboxylic acids is 1. The Labute approximate surface area is 109 Å². The van der Waals surface area contributed by atoms with Gasteiger partial charge in [-0.15, -0.1) is 0 Å². The van der Waals surface area contributed by atoms with Crippen LogP contribution < -0.4 is 5.73 Å². The normalized spacial score (nSPS) is 14.4. The van der Waals surface area contributed by atoms with Crippen molar-refractivity contribution in [1.82, 2.24) is 9.97 Å². The Morgan fingerprint density at radius 1 is 1.44 bits per heavy atom. The van der Waals surface area contributed by atoms with E-state index in [1.807, 2.05) is 6.92 Å². The summed E-state index contributed by atoms with van der Waals surface area (Å²) in [5, 5.41) is 0. The number of Topliss-reactive ketones (excluding diaryl/α,β-unsaturated/α-hetero) is 1. The Kier molecular flexibility index (Phi) is 6.65. The summed E-state index contributed by atoms with van der Waals surface area (Å²) in [5.74, 6) is 0.227. The summed E-state index contributed by atoms with van der Waals surface area (Å²) in [4.78, 5) is 19.0. The second-order valence-corrected chi connectivity index (χ2v) is 5.02. The third-order valence-electron chi connectivity index (χ3n) is 3.33. The Morgan fingerprint density at radius 3 is 2.83 bits per heavy atom. The first kappa shape index (κ1) is 14.9. The molecule has 0 spiro atoms. The van der Waals surface area contributed by atoms with Gasteiger partial charge in [-0.2, -0.15) is 0 Å². The Hall–Kier alpha value is -1.16. The van der Waals surface area contributed by atoms with Gasteiger partial charge >= 0.3 is 0 Å². The van der Waals surface area contributed by atoms with Gasteiger partial charge in [0.15, 0.2) is 5.78 Å². The summed E-state index contributed by atoms with van der Waals surface area (Å²) < 4.78 is 0. The first-order chi connectivity index (χ1) is 8.65. The molecule has 4 nitrogen and oxygen atoms in total. The third kappa shape index (κ3) is 5.00. The number of nitrogens with zero attached hydrogens (tertiary/aromatic N) is 1. The maximum Gasteiger partial charge on any atom is 0.152 e. The third-order valence-corrected chi connectivity index (χ3v) is 3.33. The summed E-state index contributed by atoms with van der Waals surface area (Å²) in [6, 6.07) is -0.422. The summed E-state index contributed by atoms with van der Waals surface area (Å²) >= 11 is 0. The number of hydrogen-bond acceptors (Lipinski definition) is 3. The number of aromatic amines is 1. The molecule has 2 atom stereocenters. The van der Waals surface area contributed by atoms with Gasteiger partial charge in [-0.05, 0) is 6.42 Å². The molecule has 4 heteroatoms. The van der Waals surface area contributed by atoms with Crippen LogP contribution in [-0.2, 0) is 11.2 Å². The van der Waals surface area contributed by atoms with Gasteiger partial charge in [0, 0.05) is 18.5 Å². The molecule has 0 fully saturated rings. The number of ketones is 1. The summed E-state index contributed by atoms with van der Waals surface area (Å²) in [5.41, 5.74) is 6.79. The highest BCUT2D eigenvalue weighted by Gasteiger charge is 2.20. The zero-order valence-electron chi connectivity index (χ0n) is 11.5. The number of nitrogens with two attached hydrogens (primary N) is 1. The van der Waals surface area contributed by atoms with Gasteiger partial charge < -0.3 is 10.7 Å². The molecular formula is C14H25N3O. The van der Waals surface area contributed by atoms with Crippen LogP contribution in [0, 0.1) is 5.92 Å². The number of hydrogen-bond donors (Lipinski definition) is 2. The zero-order valence-corrected chi connectivity index (χ0v) is 11.5. The molecule has 1 unspecified atom stereocenters. The Balaban J connectivity index is 2.29. The standard InChI is InChI=1S/C14H25N3O/c1-3-4-5-6-7-11(2)14(18)13(15)8-12-9-16-10-17-12/h9-11,13H,3-8,15H2,1-2H3,(H,16,17)/t11?,13-/m1/s1. The lowest BCUT2D eigenvalue weighted by atomic mass is 9.92. The molecule has 3 N–H and O–H groups in total. The van der Waals surface area contributed by atoms with Crippen LogP contribution in [0.5, 0.6) is 0 Å². The van der Waals surface area contributed by atoms with E-state index in [0.29, 0.717) is 6.42 Å². The topological polar surface area (TPSA) is 71.8 Å². The van der Waals surface area contributed by atoms with E-state index >= 15 is 0 Å². The van der Waals surface area contributed by atoms with Crippen molar-refractivity contribution in [2.24, 2.45) is 11.7 Å². The number of nitrogens with one attached hydrogen (secondary N) is 1. The molecule has 1 aromatic rings. The van der Waals surface area contributed by atoms with E-state index in [4.69, 9.17) is 5.73 Å². The quantitative estimate of drug-likeness (QED) is 0.662. The van der Waals surface area contributed by atoms with Crippen molar-refractivity contribution in [3.8, 4) is 0 Å². The van der Waals surface area contributed by atoms with Gasteiger partial charge in [0.25, 0.3) is 0 Å². The van der Waals surface area contributed by atoms with Crippen molar-refractivity contribution in [3.05, 3.63) is 18.2 Å². The molecule has 1 heterocycles. The van der Waals surface area contributed by atoms with Crippen LogP contribution in [0.3, 0.4) is 0 Å². The zero-order chi connectivity index (χ0) is 13.4. The number of H-pyrrole nitrogens is 1. The van der Waals surface area contributed by atoms with Crippen LogP contribution >= 0.6 is 0 Å².